The summed E-state index contributed by atoms with van der Waals surface area (Å²) in [5.74, 6) is 0. The van der Waals surface area contributed by atoms with E-state index in [0.717, 1.165) is 17.3 Å². The van der Waals surface area contributed by atoms with Crippen LogP contribution in [-0.2, 0) is 14.8 Å². The SMILES string of the molecule is O=S(=O)(NC1CCCOC1)c1ccc(Br)cc1Br. The molecule has 7 heteroatoms. The van der Waals surface area contributed by atoms with Crippen molar-refractivity contribution in [3.05, 3.63) is 27.1 Å². The molecule has 1 atom stereocenters. The molecule has 1 heterocycles. The van der Waals surface area contributed by atoms with Gasteiger partial charge in [0.1, 0.15) is 0 Å². The molecule has 1 aromatic rings. The maximum Gasteiger partial charge on any atom is 0.242 e. The van der Waals surface area contributed by atoms with Crippen molar-refractivity contribution in [2.45, 2.75) is 23.8 Å². The van der Waals surface area contributed by atoms with E-state index in [2.05, 4.69) is 36.6 Å². The Balaban J connectivity index is 2.19. The summed E-state index contributed by atoms with van der Waals surface area (Å²) in [5, 5.41) is 0. The topological polar surface area (TPSA) is 55.4 Å². The zero-order valence-corrected chi connectivity index (χ0v) is 13.5. The molecule has 0 aliphatic carbocycles. The van der Waals surface area contributed by atoms with Gasteiger partial charge >= 0.3 is 0 Å². The number of sulfonamides is 1. The second-order valence-electron chi connectivity index (χ2n) is 4.11. The number of benzene rings is 1. The number of nitrogens with one attached hydrogen (secondary N) is 1. The van der Waals surface area contributed by atoms with Gasteiger partial charge < -0.3 is 4.74 Å². The minimum Gasteiger partial charge on any atom is -0.380 e. The first-order valence-corrected chi connectivity index (χ1v) is 8.61. The van der Waals surface area contributed by atoms with E-state index in [4.69, 9.17) is 4.74 Å². The smallest absolute Gasteiger partial charge is 0.242 e. The number of halogens is 2. The molecular formula is C11H13Br2NO3S. The summed E-state index contributed by atoms with van der Waals surface area (Å²) in [7, 11) is -3.51. The van der Waals surface area contributed by atoms with Gasteiger partial charge in [-0.05, 0) is 47.0 Å². The molecule has 0 amide bonds. The molecule has 4 nitrogen and oxygen atoms in total. The second kappa shape index (κ2) is 6.00. The molecule has 0 aromatic heterocycles. The third-order valence-corrected chi connectivity index (χ3v) is 5.66. The predicted molar refractivity (Wildman–Crippen MR) is 76.0 cm³/mol. The summed E-state index contributed by atoms with van der Waals surface area (Å²) >= 11 is 6.56. The minimum absolute atomic E-state index is 0.140. The second-order valence-corrected chi connectivity index (χ2v) is 7.56. The lowest BCUT2D eigenvalue weighted by Crippen LogP contribution is -2.40. The molecule has 1 unspecified atom stereocenters. The maximum atomic E-state index is 12.2. The normalized spacial score (nSPS) is 20.9. The van der Waals surface area contributed by atoms with Gasteiger partial charge in [0.15, 0.2) is 0 Å². The Bertz CT molecular complexity index is 527. The Kier molecular flexibility index (Phi) is 4.82. The van der Waals surface area contributed by atoms with Crippen LogP contribution in [0.5, 0.6) is 0 Å². The van der Waals surface area contributed by atoms with Crippen LogP contribution < -0.4 is 4.72 Å². The van der Waals surface area contributed by atoms with Crippen molar-refractivity contribution in [3.8, 4) is 0 Å². The average molecular weight is 399 g/mol. The van der Waals surface area contributed by atoms with Crippen molar-refractivity contribution in [1.82, 2.24) is 4.72 Å². The van der Waals surface area contributed by atoms with E-state index >= 15 is 0 Å². The van der Waals surface area contributed by atoms with Crippen molar-refractivity contribution in [1.29, 1.82) is 0 Å². The molecule has 0 radical (unpaired) electrons. The summed E-state index contributed by atoms with van der Waals surface area (Å²) in [4.78, 5) is 0.247. The van der Waals surface area contributed by atoms with E-state index < -0.39 is 10.0 Å². The first kappa shape index (κ1) is 14.5. The van der Waals surface area contributed by atoms with Gasteiger partial charge in [0.05, 0.1) is 11.5 Å². The van der Waals surface area contributed by atoms with Gasteiger partial charge in [0.25, 0.3) is 0 Å². The van der Waals surface area contributed by atoms with E-state index in [9.17, 15) is 8.42 Å². The molecule has 1 aliphatic heterocycles. The zero-order chi connectivity index (χ0) is 13.2. The Morgan fingerprint density at radius 2 is 2.11 bits per heavy atom. The highest BCUT2D eigenvalue weighted by Gasteiger charge is 2.23. The highest BCUT2D eigenvalue weighted by atomic mass is 79.9. The Hall–Kier alpha value is 0.0500. The molecule has 1 saturated heterocycles. The highest BCUT2D eigenvalue weighted by Crippen LogP contribution is 2.26. The lowest BCUT2D eigenvalue weighted by molar-refractivity contribution is 0.0774. The summed E-state index contributed by atoms with van der Waals surface area (Å²) < 4.78 is 33.8. The van der Waals surface area contributed by atoms with Crippen LogP contribution in [0.3, 0.4) is 0 Å². The van der Waals surface area contributed by atoms with E-state index in [1.165, 1.54) is 0 Å². The fraction of sp³-hybridized carbons (Fsp3) is 0.455. The van der Waals surface area contributed by atoms with Gasteiger partial charge in [-0.3, -0.25) is 0 Å². The Labute approximate surface area is 123 Å². The van der Waals surface area contributed by atoms with Gasteiger partial charge in [-0.1, -0.05) is 15.9 Å². The Morgan fingerprint density at radius 3 is 2.72 bits per heavy atom. The number of ether oxygens (including phenoxy) is 1. The van der Waals surface area contributed by atoms with E-state index in [1.54, 1.807) is 18.2 Å². The average Bonchev–Trinajstić information content (AvgIpc) is 2.29. The van der Waals surface area contributed by atoms with Crippen LogP contribution in [0.4, 0.5) is 0 Å². The van der Waals surface area contributed by atoms with Crippen LogP contribution in [0, 0.1) is 0 Å². The van der Waals surface area contributed by atoms with Gasteiger partial charge in [-0.2, -0.15) is 0 Å². The number of hydrogen-bond acceptors (Lipinski definition) is 3. The third kappa shape index (κ3) is 3.54. The lowest BCUT2D eigenvalue weighted by Gasteiger charge is -2.23. The predicted octanol–water partition coefficient (Wildman–Crippen LogP) is 2.67. The first-order chi connectivity index (χ1) is 8.49. The van der Waals surface area contributed by atoms with Crippen LogP contribution >= 0.6 is 31.9 Å². The first-order valence-electron chi connectivity index (χ1n) is 5.54. The van der Waals surface area contributed by atoms with E-state index in [0.29, 0.717) is 17.7 Å². The van der Waals surface area contributed by atoms with Crippen molar-refractivity contribution in [3.63, 3.8) is 0 Å². The van der Waals surface area contributed by atoms with Gasteiger partial charge in [-0.15, -0.1) is 0 Å². The Morgan fingerprint density at radius 1 is 1.33 bits per heavy atom. The molecule has 1 aliphatic rings. The van der Waals surface area contributed by atoms with Crippen LogP contribution in [0.2, 0.25) is 0 Å². The summed E-state index contributed by atoms with van der Waals surface area (Å²) in [6.45, 7) is 1.15. The highest BCUT2D eigenvalue weighted by molar-refractivity contribution is 9.11. The largest absolute Gasteiger partial charge is 0.380 e. The molecule has 1 fully saturated rings. The van der Waals surface area contributed by atoms with Crippen molar-refractivity contribution >= 4 is 41.9 Å². The molecular weight excluding hydrogens is 386 g/mol. The third-order valence-electron chi connectivity index (χ3n) is 2.67. The fourth-order valence-electron chi connectivity index (χ4n) is 1.81. The fourth-order valence-corrected chi connectivity index (χ4v) is 4.81. The summed E-state index contributed by atoms with van der Waals surface area (Å²) in [6, 6.07) is 4.85. The molecule has 0 spiro atoms. The molecule has 1 N–H and O–H groups in total. The lowest BCUT2D eigenvalue weighted by atomic mass is 10.1. The van der Waals surface area contributed by atoms with Crippen LogP contribution in [0.15, 0.2) is 32.0 Å². The van der Waals surface area contributed by atoms with E-state index in [-0.39, 0.29) is 10.9 Å². The summed E-state index contributed by atoms with van der Waals surface area (Å²) in [5.41, 5.74) is 0. The zero-order valence-electron chi connectivity index (χ0n) is 9.53. The molecule has 0 saturated carbocycles. The standard InChI is InChI=1S/C11H13Br2NO3S/c12-8-3-4-11(10(13)6-8)18(15,16)14-9-2-1-5-17-7-9/h3-4,6,9,14H,1-2,5,7H2. The van der Waals surface area contributed by atoms with Gasteiger partial charge in [0.2, 0.25) is 10.0 Å². The molecule has 100 valence electrons. The summed E-state index contributed by atoms with van der Waals surface area (Å²) in [6.07, 6.45) is 1.70. The van der Waals surface area contributed by atoms with Gasteiger partial charge in [-0.25, -0.2) is 13.1 Å². The molecule has 0 bridgehead atoms. The van der Waals surface area contributed by atoms with Gasteiger partial charge in [0, 0.05) is 21.6 Å². The van der Waals surface area contributed by atoms with Crippen molar-refractivity contribution in [2.75, 3.05) is 13.2 Å². The molecule has 18 heavy (non-hydrogen) atoms. The van der Waals surface area contributed by atoms with Crippen LogP contribution in [0.1, 0.15) is 12.8 Å². The monoisotopic (exact) mass is 397 g/mol. The number of rotatable bonds is 3. The number of hydrogen-bond donors (Lipinski definition) is 1. The minimum atomic E-state index is -3.51. The van der Waals surface area contributed by atoms with Crippen LogP contribution in [0.25, 0.3) is 0 Å². The maximum absolute atomic E-state index is 12.2. The van der Waals surface area contributed by atoms with E-state index in [1.807, 2.05) is 0 Å². The van der Waals surface area contributed by atoms with Crippen molar-refractivity contribution in [2.24, 2.45) is 0 Å². The van der Waals surface area contributed by atoms with Crippen LogP contribution in [-0.4, -0.2) is 27.7 Å². The molecule has 2 rings (SSSR count). The van der Waals surface area contributed by atoms with Crippen molar-refractivity contribution < 1.29 is 13.2 Å². The molecule has 1 aromatic carbocycles. The quantitative estimate of drug-likeness (QED) is 0.851.